The lowest BCUT2D eigenvalue weighted by Crippen LogP contribution is -2.25. The Hall–Kier alpha value is -4.06. The molecule has 1 aliphatic heterocycles. The van der Waals surface area contributed by atoms with Crippen molar-refractivity contribution in [2.75, 3.05) is 25.2 Å². The van der Waals surface area contributed by atoms with Crippen molar-refractivity contribution in [3.8, 4) is 11.5 Å². The highest BCUT2D eigenvalue weighted by molar-refractivity contribution is 5.97. The zero-order valence-corrected chi connectivity index (χ0v) is 22.6. The van der Waals surface area contributed by atoms with Gasteiger partial charge in [-0.1, -0.05) is 42.5 Å². The number of hydrogen-bond donors (Lipinski definition) is 0. The lowest BCUT2D eigenvalue weighted by atomic mass is 10.1. The summed E-state index contributed by atoms with van der Waals surface area (Å²) in [6.45, 7) is 8.10. The van der Waals surface area contributed by atoms with Gasteiger partial charge in [-0.05, 0) is 74.2 Å². The van der Waals surface area contributed by atoms with E-state index in [4.69, 9.17) is 14.5 Å². The molecule has 0 saturated carbocycles. The zero-order chi connectivity index (χ0) is 26.6. The number of methoxy groups -OCH3 is 1. The molecule has 0 spiro atoms. The summed E-state index contributed by atoms with van der Waals surface area (Å²) in [7, 11) is 1.66. The summed E-state index contributed by atoms with van der Waals surface area (Å²) in [6.07, 6.45) is 5.30. The van der Waals surface area contributed by atoms with Crippen molar-refractivity contribution in [3.63, 3.8) is 0 Å². The Kier molecular flexibility index (Phi) is 7.50. The third-order valence-corrected chi connectivity index (χ3v) is 7.37. The fraction of sp³-hybridized carbons (Fsp3) is 0.312. The van der Waals surface area contributed by atoms with Crippen molar-refractivity contribution >= 4 is 28.7 Å². The average Bonchev–Trinajstić information content (AvgIpc) is 3.49. The maximum Gasteiger partial charge on any atom is 0.227 e. The van der Waals surface area contributed by atoms with Crippen LogP contribution in [0.3, 0.4) is 0 Å². The molecule has 5 rings (SSSR count). The third-order valence-electron chi connectivity index (χ3n) is 7.37. The predicted octanol–water partition coefficient (Wildman–Crippen LogP) is 6.68. The first kappa shape index (κ1) is 25.6. The lowest BCUT2D eigenvalue weighted by molar-refractivity contribution is -0.117. The van der Waals surface area contributed by atoms with Crippen LogP contribution in [0.2, 0.25) is 0 Å². The number of benzene rings is 3. The Morgan fingerprint density at radius 1 is 1.05 bits per heavy atom. The van der Waals surface area contributed by atoms with E-state index < -0.39 is 0 Å². The molecule has 1 unspecified atom stereocenters. The molecule has 3 aromatic carbocycles. The highest BCUT2D eigenvalue weighted by atomic mass is 16.5. The van der Waals surface area contributed by atoms with Gasteiger partial charge in [0.25, 0.3) is 0 Å². The van der Waals surface area contributed by atoms with Gasteiger partial charge < -0.3 is 18.9 Å². The summed E-state index contributed by atoms with van der Waals surface area (Å²) in [6, 6.07) is 20.3. The van der Waals surface area contributed by atoms with Gasteiger partial charge in [-0.3, -0.25) is 4.79 Å². The summed E-state index contributed by atoms with van der Waals surface area (Å²) in [5, 5.41) is 0. The SMILES string of the molecule is C/C=C/c1ccc(OCCCn2c(C3CC(=O)N(c4cccc(C)c4C)C3)nc3ccccc32)c(OC)c1. The van der Waals surface area contributed by atoms with Gasteiger partial charge in [0.05, 0.1) is 24.8 Å². The number of carbonyl (C=O) groups is 1. The van der Waals surface area contributed by atoms with Crippen LogP contribution in [0.1, 0.15) is 48.2 Å². The van der Waals surface area contributed by atoms with E-state index in [2.05, 4.69) is 30.5 Å². The molecule has 1 saturated heterocycles. The van der Waals surface area contributed by atoms with Crippen LogP contribution in [-0.4, -0.2) is 35.7 Å². The minimum absolute atomic E-state index is 0.0370. The standard InChI is InChI=1S/C32H35N3O3/c1-5-10-24-15-16-29(30(19-24)37-4)38-18-9-17-34-28-13-7-6-12-26(28)33-32(34)25-20-31(36)35(21-25)27-14-8-11-22(2)23(27)3/h5-8,10-16,19,25H,9,17-18,20-21H2,1-4H3/b10-5+. The summed E-state index contributed by atoms with van der Waals surface area (Å²) in [5.41, 5.74) is 6.48. The Morgan fingerprint density at radius 2 is 1.89 bits per heavy atom. The molecular formula is C32H35N3O3. The Morgan fingerprint density at radius 3 is 2.71 bits per heavy atom. The van der Waals surface area contributed by atoms with Crippen LogP contribution in [0.4, 0.5) is 5.69 Å². The number of fused-ring (bicyclic) bond motifs is 1. The van der Waals surface area contributed by atoms with E-state index in [-0.39, 0.29) is 11.8 Å². The largest absolute Gasteiger partial charge is 0.493 e. The Balaban J connectivity index is 1.33. The van der Waals surface area contributed by atoms with E-state index >= 15 is 0 Å². The van der Waals surface area contributed by atoms with Gasteiger partial charge in [-0.25, -0.2) is 4.98 Å². The molecule has 196 valence electrons. The molecule has 38 heavy (non-hydrogen) atoms. The normalized spacial score (nSPS) is 15.6. The second kappa shape index (κ2) is 11.1. The number of anilines is 1. The summed E-state index contributed by atoms with van der Waals surface area (Å²) >= 11 is 0. The molecule has 0 N–H and O–H groups in total. The zero-order valence-electron chi connectivity index (χ0n) is 22.6. The molecule has 2 heterocycles. The molecule has 0 radical (unpaired) electrons. The molecule has 1 aromatic heterocycles. The first-order valence-electron chi connectivity index (χ1n) is 13.3. The van der Waals surface area contributed by atoms with Gasteiger partial charge in [0.1, 0.15) is 5.82 Å². The molecule has 0 aliphatic carbocycles. The van der Waals surface area contributed by atoms with Gasteiger partial charge in [-0.15, -0.1) is 0 Å². The van der Waals surface area contributed by atoms with Gasteiger partial charge in [0.2, 0.25) is 5.91 Å². The molecule has 4 aromatic rings. The minimum Gasteiger partial charge on any atom is -0.493 e. The van der Waals surface area contributed by atoms with E-state index in [0.717, 1.165) is 58.1 Å². The minimum atomic E-state index is 0.0370. The maximum atomic E-state index is 13.1. The van der Waals surface area contributed by atoms with Crippen molar-refractivity contribution in [3.05, 3.63) is 89.3 Å². The molecule has 1 fully saturated rings. The van der Waals surface area contributed by atoms with E-state index in [0.29, 0.717) is 19.6 Å². The second-order valence-electron chi connectivity index (χ2n) is 9.85. The van der Waals surface area contributed by atoms with Gasteiger partial charge in [0, 0.05) is 31.1 Å². The smallest absolute Gasteiger partial charge is 0.227 e. The summed E-state index contributed by atoms with van der Waals surface area (Å²) < 4.78 is 13.9. The monoisotopic (exact) mass is 509 g/mol. The van der Waals surface area contributed by atoms with E-state index in [9.17, 15) is 4.79 Å². The number of aryl methyl sites for hydroxylation is 2. The van der Waals surface area contributed by atoms with E-state index in [1.807, 2.05) is 72.5 Å². The molecule has 0 bridgehead atoms. The molecule has 1 amide bonds. The number of ether oxygens (including phenoxy) is 2. The van der Waals surface area contributed by atoms with Crippen LogP contribution in [0, 0.1) is 13.8 Å². The predicted molar refractivity (Wildman–Crippen MR) is 153 cm³/mol. The summed E-state index contributed by atoms with van der Waals surface area (Å²) in [4.78, 5) is 20.1. The number of amides is 1. The molecule has 1 aliphatic rings. The van der Waals surface area contributed by atoms with Crippen LogP contribution >= 0.6 is 0 Å². The quantitative estimate of drug-likeness (QED) is 0.236. The number of allylic oxidation sites excluding steroid dienone is 1. The topological polar surface area (TPSA) is 56.6 Å². The number of imidazole rings is 1. The number of para-hydroxylation sites is 2. The van der Waals surface area contributed by atoms with Crippen molar-refractivity contribution in [2.24, 2.45) is 0 Å². The third kappa shape index (κ3) is 5.03. The number of rotatable bonds is 9. The molecule has 1 atom stereocenters. The van der Waals surface area contributed by atoms with Crippen molar-refractivity contribution in [1.82, 2.24) is 9.55 Å². The lowest BCUT2D eigenvalue weighted by Gasteiger charge is -2.20. The highest BCUT2D eigenvalue weighted by Gasteiger charge is 2.35. The number of hydrogen-bond acceptors (Lipinski definition) is 4. The maximum absolute atomic E-state index is 13.1. The molecule has 6 heteroatoms. The number of carbonyl (C=O) groups excluding carboxylic acids is 1. The fourth-order valence-electron chi connectivity index (χ4n) is 5.29. The van der Waals surface area contributed by atoms with E-state index in [1.165, 1.54) is 5.56 Å². The van der Waals surface area contributed by atoms with Crippen LogP contribution in [0.15, 0.2) is 66.7 Å². The Bertz CT molecular complexity index is 1490. The fourth-order valence-corrected chi connectivity index (χ4v) is 5.29. The van der Waals surface area contributed by atoms with Gasteiger partial charge in [0.15, 0.2) is 11.5 Å². The van der Waals surface area contributed by atoms with Crippen LogP contribution in [0.5, 0.6) is 11.5 Å². The second-order valence-corrected chi connectivity index (χ2v) is 9.85. The average molecular weight is 510 g/mol. The van der Waals surface area contributed by atoms with Crippen LogP contribution in [-0.2, 0) is 11.3 Å². The number of nitrogens with zero attached hydrogens (tertiary/aromatic N) is 3. The van der Waals surface area contributed by atoms with Crippen molar-refractivity contribution in [2.45, 2.75) is 46.1 Å². The van der Waals surface area contributed by atoms with Gasteiger partial charge in [-0.2, -0.15) is 0 Å². The highest BCUT2D eigenvalue weighted by Crippen LogP contribution is 2.35. The molecular weight excluding hydrogens is 474 g/mol. The van der Waals surface area contributed by atoms with Crippen molar-refractivity contribution < 1.29 is 14.3 Å². The van der Waals surface area contributed by atoms with E-state index in [1.54, 1.807) is 7.11 Å². The number of aromatic nitrogens is 2. The first-order chi connectivity index (χ1) is 18.5. The Labute approximate surface area is 224 Å². The summed E-state index contributed by atoms with van der Waals surface area (Å²) in [5.74, 6) is 2.63. The molecule has 6 nitrogen and oxygen atoms in total. The van der Waals surface area contributed by atoms with Crippen molar-refractivity contribution in [1.29, 1.82) is 0 Å². The van der Waals surface area contributed by atoms with Crippen LogP contribution in [0.25, 0.3) is 17.1 Å². The van der Waals surface area contributed by atoms with Crippen LogP contribution < -0.4 is 14.4 Å². The van der Waals surface area contributed by atoms with Gasteiger partial charge >= 0.3 is 0 Å². The first-order valence-corrected chi connectivity index (χ1v) is 13.3.